The van der Waals surface area contributed by atoms with Crippen molar-refractivity contribution in [3.63, 3.8) is 0 Å². The van der Waals surface area contributed by atoms with Gasteiger partial charge in [-0.05, 0) is 40.2 Å². The summed E-state index contributed by atoms with van der Waals surface area (Å²) in [6.45, 7) is 5.88. The van der Waals surface area contributed by atoms with Crippen molar-refractivity contribution >= 4 is 5.91 Å². The van der Waals surface area contributed by atoms with Crippen LogP contribution in [0.5, 0.6) is 0 Å². The van der Waals surface area contributed by atoms with E-state index >= 15 is 0 Å². The van der Waals surface area contributed by atoms with Gasteiger partial charge in [0.05, 0.1) is 11.6 Å². The predicted octanol–water partition coefficient (Wildman–Crippen LogP) is 0.764. The first kappa shape index (κ1) is 11.9. The highest BCUT2D eigenvalue weighted by molar-refractivity contribution is 5.84. The van der Waals surface area contributed by atoms with Crippen molar-refractivity contribution < 1.29 is 9.53 Å². The first-order chi connectivity index (χ1) is 7.53. The number of hydrogen-bond acceptors (Lipinski definition) is 3. The normalized spacial score (nSPS) is 34.4. The van der Waals surface area contributed by atoms with E-state index in [0.717, 1.165) is 32.4 Å². The average Bonchev–Trinajstić information content (AvgIpc) is 2.58. The fourth-order valence-corrected chi connectivity index (χ4v) is 2.80. The first-order valence-corrected chi connectivity index (χ1v) is 6.15. The van der Waals surface area contributed by atoms with Gasteiger partial charge in [0.15, 0.2) is 0 Å². The second-order valence-electron chi connectivity index (χ2n) is 5.42. The Kier molecular flexibility index (Phi) is 3.22. The number of likely N-dealkylation sites (tertiary alicyclic amines) is 1. The van der Waals surface area contributed by atoms with Crippen LogP contribution in [0.15, 0.2) is 0 Å². The second kappa shape index (κ2) is 4.34. The smallest absolute Gasteiger partial charge is 0.240 e. The molecule has 0 saturated carbocycles. The molecule has 2 rings (SSSR count). The van der Waals surface area contributed by atoms with Gasteiger partial charge in [0.25, 0.3) is 0 Å². The Balaban J connectivity index is 2.00. The molecule has 0 aromatic heterocycles. The minimum absolute atomic E-state index is 0.0333. The summed E-state index contributed by atoms with van der Waals surface area (Å²) in [4.78, 5) is 14.1. The molecule has 1 amide bonds. The van der Waals surface area contributed by atoms with Crippen LogP contribution in [-0.2, 0) is 9.53 Å². The third-order valence-corrected chi connectivity index (χ3v) is 3.70. The molecule has 0 aromatic rings. The number of carbonyl (C=O) groups excluding carboxylic acids is 1. The van der Waals surface area contributed by atoms with Crippen LogP contribution in [0.1, 0.15) is 33.1 Å². The Morgan fingerprint density at radius 3 is 2.75 bits per heavy atom. The van der Waals surface area contributed by atoms with Crippen LogP contribution in [0, 0.1) is 0 Å². The first-order valence-electron chi connectivity index (χ1n) is 6.15. The maximum absolute atomic E-state index is 12.1. The molecule has 0 bridgehead atoms. The Morgan fingerprint density at radius 2 is 2.19 bits per heavy atom. The van der Waals surface area contributed by atoms with Crippen LogP contribution in [-0.4, -0.2) is 48.7 Å². The molecule has 2 saturated heterocycles. The molecular weight excluding hydrogens is 204 g/mol. The summed E-state index contributed by atoms with van der Waals surface area (Å²) in [6, 6.07) is 0.403. The fourth-order valence-electron chi connectivity index (χ4n) is 2.80. The average molecular weight is 226 g/mol. The Labute approximate surface area is 97.3 Å². The number of carbonyl (C=O) groups is 1. The van der Waals surface area contributed by atoms with E-state index in [4.69, 9.17) is 4.74 Å². The number of rotatable bonds is 2. The van der Waals surface area contributed by atoms with Gasteiger partial charge in [-0.15, -0.1) is 0 Å². The van der Waals surface area contributed by atoms with E-state index in [1.165, 1.54) is 0 Å². The predicted molar refractivity (Wildman–Crippen MR) is 62.2 cm³/mol. The van der Waals surface area contributed by atoms with Gasteiger partial charge < -0.3 is 15.0 Å². The molecule has 0 spiro atoms. The van der Waals surface area contributed by atoms with E-state index in [9.17, 15) is 4.79 Å². The van der Waals surface area contributed by atoms with Crippen molar-refractivity contribution in [2.45, 2.75) is 50.8 Å². The largest absolute Gasteiger partial charge is 0.375 e. The molecule has 2 fully saturated rings. The molecule has 4 heteroatoms. The van der Waals surface area contributed by atoms with Crippen molar-refractivity contribution in [2.24, 2.45) is 0 Å². The third kappa shape index (κ3) is 2.23. The molecule has 2 aliphatic rings. The lowest BCUT2D eigenvalue weighted by molar-refractivity contribution is -0.137. The number of nitrogens with zero attached hydrogens (tertiary/aromatic N) is 1. The summed E-state index contributed by atoms with van der Waals surface area (Å²) in [5.41, 5.74) is -0.0824. The van der Waals surface area contributed by atoms with Gasteiger partial charge in [0.2, 0.25) is 5.91 Å². The lowest BCUT2D eigenvalue weighted by Crippen LogP contribution is -2.48. The summed E-state index contributed by atoms with van der Waals surface area (Å²) in [5.74, 6) is 0.269. The van der Waals surface area contributed by atoms with E-state index in [2.05, 4.69) is 19.2 Å². The molecule has 2 heterocycles. The minimum atomic E-state index is -0.0824. The summed E-state index contributed by atoms with van der Waals surface area (Å²) >= 11 is 0. The van der Waals surface area contributed by atoms with Crippen molar-refractivity contribution in [3.8, 4) is 0 Å². The van der Waals surface area contributed by atoms with Crippen LogP contribution in [0.25, 0.3) is 0 Å². The van der Waals surface area contributed by atoms with Gasteiger partial charge in [0.1, 0.15) is 0 Å². The van der Waals surface area contributed by atoms with Gasteiger partial charge >= 0.3 is 0 Å². The molecule has 0 aliphatic carbocycles. The summed E-state index contributed by atoms with van der Waals surface area (Å²) in [7, 11) is 1.86. The molecule has 2 atom stereocenters. The number of amides is 1. The van der Waals surface area contributed by atoms with E-state index < -0.39 is 0 Å². The van der Waals surface area contributed by atoms with E-state index in [1.54, 1.807) is 0 Å². The lowest BCUT2D eigenvalue weighted by atomic mass is 9.93. The zero-order valence-corrected chi connectivity index (χ0v) is 10.5. The van der Waals surface area contributed by atoms with Crippen LogP contribution < -0.4 is 5.32 Å². The number of ether oxygens (including phenoxy) is 1. The molecule has 2 unspecified atom stereocenters. The van der Waals surface area contributed by atoms with Crippen molar-refractivity contribution in [1.82, 2.24) is 10.2 Å². The fraction of sp³-hybridized carbons (Fsp3) is 0.917. The molecule has 16 heavy (non-hydrogen) atoms. The van der Waals surface area contributed by atoms with Crippen LogP contribution in [0.4, 0.5) is 0 Å². The van der Waals surface area contributed by atoms with E-state index in [0.29, 0.717) is 6.04 Å². The SMILES string of the molecule is CNC1CCN(C2CCOC(C)(C)C2)C1=O. The maximum Gasteiger partial charge on any atom is 0.240 e. The molecule has 1 N–H and O–H groups in total. The second-order valence-corrected chi connectivity index (χ2v) is 5.42. The molecule has 92 valence electrons. The molecule has 0 aromatic carbocycles. The highest BCUT2D eigenvalue weighted by Gasteiger charge is 2.39. The zero-order valence-electron chi connectivity index (χ0n) is 10.5. The number of nitrogens with one attached hydrogen (secondary N) is 1. The van der Waals surface area contributed by atoms with Gasteiger partial charge in [-0.2, -0.15) is 0 Å². The van der Waals surface area contributed by atoms with E-state index in [1.807, 2.05) is 11.9 Å². The molecule has 4 nitrogen and oxygen atoms in total. The monoisotopic (exact) mass is 226 g/mol. The summed E-state index contributed by atoms with van der Waals surface area (Å²) in [6.07, 6.45) is 2.87. The highest BCUT2D eigenvalue weighted by Crippen LogP contribution is 2.29. The Bertz CT molecular complexity index is 278. The highest BCUT2D eigenvalue weighted by atomic mass is 16.5. The Morgan fingerprint density at radius 1 is 1.44 bits per heavy atom. The van der Waals surface area contributed by atoms with Crippen molar-refractivity contribution in [2.75, 3.05) is 20.2 Å². The number of hydrogen-bond donors (Lipinski definition) is 1. The van der Waals surface area contributed by atoms with Gasteiger partial charge in [-0.1, -0.05) is 0 Å². The third-order valence-electron chi connectivity index (χ3n) is 3.70. The number of likely N-dealkylation sites (N-methyl/N-ethyl adjacent to an activating group) is 1. The summed E-state index contributed by atoms with van der Waals surface area (Å²) < 4.78 is 5.69. The maximum atomic E-state index is 12.1. The van der Waals surface area contributed by atoms with Crippen LogP contribution in [0.3, 0.4) is 0 Å². The van der Waals surface area contributed by atoms with Gasteiger partial charge in [-0.3, -0.25) is 4.79 Å². The van der Waals surface area contributed by atoms with Gasteiger partial charge in [0, 0.05) is 19.2 Å². The van der Waals surface area contributed by atoms with Crippen LogP contribution in [0.2, 0.25) is 0 Å². The molecule has 0 radical (unpaired) electrons. The standard InChI is InChI=1S/C12H22N2O2/c1-12(2)8-9(5-7-16-12)14-6-4-10(13-3)11(14)15/h9-10,13H,4-8H2,1-3H3. The topological polar surface area (TPSA) is 41.6 Å². The summed E-state index contributed by atoms with van der Waals surface area (Å²) in [5, 5.41) is 3.08. The molecule has 2 aliphatic heterocycles. The van der Waals surface area contributed by atoms with Gasteiger partial charge in [-0.25, -0.2) is 0 Å². The van der Waals surface area contributed by atoms with Crippen molar-refractivity contribution in [3.05, 3.63) is 0 Å². The molecular formula is C12H22N2O2. The quantitative estimate of drug-likeness (QED) is 0.756. The Hall–Kier alpha value is -0.610. The lowest BCUT2D eigenvalue weighted by Gasteiger charge is -2.39. The van der Waals surface area contributed by atoms with E-state index in [-0.39, 0.29) is 17.6 Å². The van der Waals surface area contributed by atoms with Crippen molar-refractivity contribution in [1.29, 1.82) is 0 Å². The van der Waals surface area contributed by atoms with Crippen LogP contribution >= 0.6 is 0 Å². The minimum Gasteiger partial charge on any atom is -0.375 e. The zero-order chi connectivity index (χ0) is 11.8.